The molecule has 1 heterocycles. The van der Waals surface area contributed by atoms with Crippen molar-refractivity contribution >= 4 is 6.21 Å². The Bertz CT molecular complexity index is 201. The average Bonchev–Trinajstić information content (AvgIpc) is 2.33. The molecule has 0 N–H and O–H groups in total. The van der Waals surface area contributed by atoms with E-state index in [2.05, 4.69) is 38.8 Å². The number of rotatable bonds is 2. The van der Waals surface area contributed by atoms with Crippen molar-refractivity contribution in [2.75, 3.05) is 0 Å². The van der Waals surface area contributed by atoms with Crippen molar-refractivity contribution in [2.45, 2.75) is 39.7 Å². The minimum absolute atomic E-state index is 0.115. The van der Waals surface area contributed by atoms with Crippen LogP contribution < -0.4 is 0 Å². The van der Waals surface area contributed by atoms with Gasteiger partial charge in [0.1, 0.15) is 0 Å². The number of nitrogens with zero attached hydrogens (tertiary/aromatic N) is 1. The molecule has 0 aromatic rings. The lowest BCUT2D eigenvalue weighted by Gasteiger charge is -2.26. The molecule has 0 aromatic heterocycles. The minimum Gasteiger partial charge on any atom is -0.282 e. The van der Waals surface area contributed by atoms with Crippen LogP contribution in [0, 0.1) is 5.92 Å². The summed E-state index contributed by atoms with van der Waals surface area (Å²) in [7, 11) is 0. The molecule has 1 unspecified atom stereocenters. The van der Waals surface area contributed by atoms with E-state index >= 15 is 0 Å². The Morgan fingerprint density at radius 1 is 1.55 bits per heavy atom. The van der Waals surface area contributed by atoms with E-state index in [1.165, 1.54) is 5.57 Å². The predicted octanol–water partition coefficient (Wildman–Crippen LogP) is 2.82. The van der Waals surface area contributed by atoms with Crippen LogP contribution in [0.1, 0.15) is 34.1 Å². The van der Waals surface area contributed by atoms with Crippen molar-refractivity contribution < 1.29 is 0 Å². The van der Waals surface area contributed by atoms with E-state index in [1.807, 2.05) is 6.21 Å². The van der Waals surface area contributed by atoms with Crippen LogP contribution in [-0.4, -0.2) is 11.8 Å². The summed E-state index contributed by atoms with van der Waals surface area (Å²) in [5.74, 6) is 0.612. The van der Waals surface area contributed by atoms with Gasteiger partial charge in [-0.25, -0.2) is 0 Å². The summed E-state index contributed by atoms with van der Waals surface area (Å²) >= 11 is 0. The van der Waals surface area contributed by atoms with Crippen LogP contribution in [0.4, 0.5) is 0 Å². The highest BCUT2D eigenvalue weighted by molar-refractivity contribution is 5.81. The lowest BCUT2D eigenvalue weighted by Crippen LogP contribution is -2.27. The van der Waals surface area contributed by atoms with Gasteiger partial charge in [-0.2, -0.15) is 0 Å². The van der Waals surface area contributed by atoms with Crippen LogP contribution >= 0.6 is 0 Å². The Labute approximate surface area is 69.2 Å². The lowest BCUT2D eigenvalue weighted by molar-refractivity contribution is 0.382. The fourth-order valence-corrected chi connectivity index (χ4v) is 1.61. The maximum Gasteiger partial charge on any atom is 0.0813 e. The summed E-state index contributed by atoms with van der Waals surface area (Å²) in [5.41, 5.74) is 1.42. The van der Waals surface area contributed by atoms with Crippen molar-refractivity contribution in [3.05, 3.63) is 11.6 Å². The maximum absolute atomic E-state index is 4.55. The van der Waals surface area contributed by atoms with Crippen molar-refractivity contribution in [3.63, 3.8) is 0 Å². The summed E-state index contributed by atoms with van der Waals surface area (Å²) < 4.78 is 0. The molecule has 0 radical (unpaired) electrons. The van der Waals surface area contributed by atoms with Gasteiger partial charge in [-0.05, 0) is 24.8 Å². The second-order valence-electron chi connectivity index (χ2n) is 3.65. The smallest absolute Gasteiger partial charge is 0.0813 e. The van der Waals surface area contributed by atoms with E-state index in [4.69, 9.17) is 0 Å². The Kier molecular flexibility index (Phi) is 2.17. The SMILES string of the molecule is CCC1(C(C)C)C=C(C)C=N1. The van der Waals surface area contributed by atoms with Crippen LogP contribution in [-0.2, 0) is 0 Å². The molecule has 1 atom stereocenters. The summed E-state index contributed by atoms with van der Waals surface area (Å²) in [6.07, 6.45) is 5.39. The molecular formula is C10H17N. The van der Waals surface area contributed by atoms with Gasteiger partial charge in [0.15, 0.2) is 0 Å². The minimum atomic E-state index is 0.115. The van der Waals surface area contributed by atoms with Crippen LogP contribution in [0.2, 0.25) is 0 Å². The van der Waals surface area contributed by atoms with Crippen LogP contribution in [0.25, 0.3) is 0 Å². The number of allylic oxidation sites excluding steroid dienone is 1. The monoisotopic (exact) mass is 151 g/mol. The van der Waals surface area contributed by atoms with Crippen molar-refractivity contribution in [1.29, 1.82) is 0 Å². The van der Waals surface area contributed by atoms with Crippen LogP contribution in [0.3, 0.4) is 0 Å². The zero-order valence-electron chi connectivity index (χ0n) is 7.89. The third-order valence-corrected chi connectivity index (χ3v) is 2.55. The third kappa shape index (κ3) is 1.37. The molecule has 0 bridgehead atoms. The van der Waals surface area contributed by atoms with E-state index in [-0.39, 0.29) is 5.54 Å². The second-order valence-corrected chi connectivity index (χ2v) is 3.65. The van der Waals surface area contributed by atoms with Crippen molar-refractivity contribution in [3.8, 4) is 0 Å². The number of hydrogen-bond acceptors (Lipinski definition) is 1. The fraction of sp³-hybridized carbons (Fsp3) is 0.700. The molecule has 0 spiro atoms. The first-order valence-corrected chi connectivity index (χ1v) is 4.35. The Balaban J connectivity index is 2.89. The molecule has 0 saturated heterocycles. The summed E-state index contributed by atoms with van der Waals surface area (Å²) in [5, 5.41) is 0. The first kappa shape index (κ1) is 8.51. The quantitative estimate of drug-likeness (QED) is 0.575. The van der Waals surface area contributed by atoms with Gasteiger partial charge >= 0.3 is 0 Å². The van der Waals surface area contributed by atoms with Crippen molar-refractivity contribution in [2.24, 2.45) is 10.9 Å². The van der Waals surface area contributed by atoms with Gasteiger partial charge in [0.2, 0.25) is 0 Å². The molecule has 1 nitrogen and oxygen atoms in total. The zero-order chi connectivity index (χ0) is 8.48. The topological polar surface area (TPSA) is 12.4 Å². The maximum atomic E-state index is 4.55. The molecule has 0 amide bonds. The van der Waals surface area contributed by atoms with E-state index in [1.54, 1.807) is 0 Å². The molecule has 0 aliphatic carbocycles. The number of hydrogen-bond donors (Lipinski definition) is 0. The molecule has 1 aliphatic heterocycles. The highest BCUT2D eigenvalue weighted by atomic mass is 14.9. The van der Waals surface area contributed by atoms with Gasteiger partial charge in [0.25, 0.3) is 0 Å². The summed E-state index contributed by atoms with van der Waals surface area (Å²) in [4.78, 5) is 4.55. The standard InChI is InChI=1S/C10H17N/c1-5-10(8(2)3)6-9(4)7-11-10/h6-8H,5H2,1-4H3. The fourth-order valence-electron chi connectivity index (χ4n) is 1.61. The normalized spacial score (nSPS) is 29.7. The molecule has 62 valence electrons. The van der Waals surface area contributed by atoms with Gasteiger partial charge in [-0.1, -0.05) is 26.8 Å². The first-order valence-electron chi connectivity index (χ1n) is 4.35. The van der Waals surface area contributed by atoms with Crippen LogP contribution in [0.5, 0.6) is 0 Å². The molecule has 1 rings (SSSR count). The zero-order valence-corrected chi connectivity index (χ0v) is 7.89. The molecule has 11 heavy (non-hydrogen) atoms. The third-order valence-electron chi connectivity index (χ3n) is 2.55. The Morgan fingerprint density at radius 3 is 2.36 bits per heavy atom. The first-order chi connectivity index (χ1) is 5.10. The lowest BCUT2D eigenvalue weighted by atomic mass is 9.85. The Hall–Kier alpha value is -0.590. The Morgan fingerprint density at radius 2 is 2.18 bits per heavy atom. The number of aliphatic imine (C=N–C) groups is 1. The van der Waals surface area contributed by atoms with E-state index in [9.17, 15) is 0 Å². The largest absolute Gasteiger partial charge is 0.282 e. The highest BCUT2D eigenvalue weighted by Gasteiger charge is 2.30. The summed E-state index contributed by atoms with van der Waals surface area (Å²) in [6, 6.07) is 0. The molecule has 0 aromatic carbocycles. The van der Waals surface area contributed by atoms with Gasteiger partial charge < -0.3 is 0 Å². The van der Waals surface area contributed by atoms with Gasteiger partial charge in [-0.15, -0.1) is 0 Å². The average molecular weight is 151 g/mol. The highest BCUT2D eigenvalue weighted by Crippen LogP contribution is 2.31. The van der Waals surface area contributed by atoms with Crippen LogP contribution in [0.15, 0.2) is 16.6 Å². The predicted molar refractivity (Wildman–Crippen MR) is 50.1 cm³/mol. The molecular weight excluding hydrogens is 134 g/mol. The molecule has 1 aliphatic rings. The van der Waals surface area contributed by atoms with Gasteiger partial charge in [0.05, 0.1) is 5.54 Å². The van der Waals surface area contributed by atoms with Gasteiger partial charge in [0, 0.05) is 6.21 Å². The molecule has 0 fully saturated rings. The molecule has 0 saturated carbocycles. The summed E-state index contributed by atoms with van der Waals surface area (Å²) in [6.45, 7) is 8.78. The molecule has 1 heteroatoms. The van der Waals surface area contributed by atoms with Crippen molar-refractivity contribution in [1.82, 2.24) is 0 Å². The van der Waals surface area contributed by atoms with Gasteiger partial charge in [-0.3, -0.25) is 4.99 Å². The van der Waals surface area contributed by atoms with E-state index < -0.39 is 0 Å². The second kappa shape index (κ2) is 2.80. The van der Waals surface area contributed by atoms with E-state index in [0.717, 1.165) is 6.42 Å². The van der Waals surface area contributed by atoms with E-state index in [0.29, 0.717) is 5.92 Å².